The Bertz CT molecular complexity index is 334. The molecule has 2 rings (SSSR count). The van der Waals surface area contributed by atoms with Crippen LogP contribution in [0.3, 0.4) is 0 Å². The number of amides is 1. The van der Waals surface area contributed by atoms with Crippen LogP contribution in [0, 0.1) is 0 Å². The Morgan fingerprint density at radius 1 is 1.13 bits per heavy atom. The van der Waals surface area contributed by atoms with Gasteiger partial charge in [0, 0.05) is 46.4 Å². The number of carbonyl (C=O) groups is 1. The Kier molecular flexibility index (Phi) is 11.4. The van der Waals surface area contributed by atoms with Crippen molar-refractivity contribution in [1.82, 2.24) is 15.1 Å². The van der Waals surface area contributed by atoms with Gasteiger partial charge in [0.05, 0.1) is 6.61 Å². The van der Waals surface area contributed by atoms with Crippen molar-refractivity contribution in [2.24, 2.45) is 0 Å². The number of methoxy groups -OCH3 is 1. The van der Waals surface area contributed by atoms with Gasteiger partial charge in [-0.15, -0.1) is 24.8 Å². The van der Waals surface area contributed by atoms with Crippen molar-refractivity contribution in [2.45, 2.75) is 25.4 Å². The predicted molar refractivity (Wildman–Crippen MR) is 95.9 cm³/mol. The van der Waals surface area contributed by atoms with E-state index in [0.29, 0.717) is 0 Å². The number of hydrogen-bond donors (Lipinski definition) is 1. The van der Waals surface area contributed by atoms with Crippen LogP contribution in [0.5, 0.6) is 0 Å². The lowest BCUT2D eigenvalue weighted by atomic mass is 9.90. The molecular formula is C15H31Cl2N3O3. The molecule has 2 saturated heterocycles. The van der Waals surface area contributed by atoms with Crippen molar-refractivity contribution in [1.29, 1.82) is 0 Å². The molecule has 0 saturated carbocycles. The molecule has 0 atom stereocenters. The van der Waals surface area contributed by atoms with Gasteiger partial charge in [-0.05, 0) is 32.9 Å². The van der Waals surface area contributed by atoms with Gasteiger partial charge in [-0.1, -0.05) is 0 Å². The zero-order chi connectivity index (χ0) is 15.1. The monoisotopic (exact) mass is 371 g/mol. The van der Waals surface area contributed by atoms with E-state index in [1.54, 1.807) is 7.11 Å². The van der Waals surface area contributed by atoms with E-state index in [-0.39, 0.29) is 30.7 Å². The van der Waals surface area contributed by atoms with E-state index >= 15 is 0 Å². The summed E-state index contributed by atoms with van der Waals surface area (Å²) in [6.45, 7) is 9.67. The quantitative estimate of drug-likeness (QED) is 0.699. The zero-order valence-electron chi connectivity index (χ0n) is 14.2. The molecule has 0 spiro atoms. The molecule has 0 unspecified atom stereocenters. The van der Waals surface area contributed by atoms with Gasteiger partial charge in [0.1, 0.15) is 5.60 Å². The largest absolute Gasteiger partial charge is 0.380 e. The molecule has 8 heteroatoms. The molecule has 138 valence electrons. The number of ether oxygens (including phenoxy) is 2. The molecule has 0 radical (unpaired) electrons. The van der Waals surface area contributed by atoms with Crippen LogP contribution < -0.4 is 5.32 Å². The van der Waals surface area contributed by atoms with Gasteiger partial charge in [-0.2, -0.15) is 0 Å². The second-order valence-electron chi connectivity index (χ2n) is 5.78. The van der Waals surface area contributed by atoms with E-state index < -0.39 is 5.60 Å². The van der Waals surface area contributed by atoms with Gasteiger partial charge in [-0.25, -0.2) is 0 Å². The lowest BCUT2D eigenvalue weighted by Crippen LogP contribution is -2.59. The van der Waals surface area contributed by atoms with Gasteiger partial charge in [0.2, 0.25) is 0 Å². The summed E-state index contributed by atoms with van der Waals surface area (Å²) < 4.78 is 11.0. The average Bonchev–Trinajstić information content (AvgIpc) is 2.56. The molecule has 0 aromatic rings. The standard InChI is InChI=1S/C15H29N3O3.2ClH/c1-3-21-13-12-17-8-10-18(11-9-17)14(19)15(20-2)4-6-16-7-5-15;;/h16H,3-13H2,1-2H3;2*1H. The maximum Gasteiger partial charge on any atom is 0.254 e. The lowest BCUT2D eigenvalue weighted by Gasteiger charge is -2.42. The van der Waals surface area contributed by atoms with Crippen LogP contribution >= 0.6 is 24.8 Å². The average molecular weight is 372 g/mol. The molecule has 1 amide bonds. The van der Waals surface area contributed by atoms with Crippen LogP contribution in [0.25, 0.3) is 0 Å². The van der Waals surface area contributed by atoms with Gasteiger partial charge < -0.3 is 19.7 Å². The van der Waals surface area contributed by atoms with E-state index in [1.165, 1.54) is 0 Å². The second-order valence-corrected chi connectivity index (χ2v) is 5.78. The zero-order valence-corrected chi connectivity index (χ0v) is 15.8. The minimum atomic E-state index is -0.598. The molecule has 1 N–H and O–H groups in total. The van der Waals surface area contributed by atoms with E-state index in [1.807, 2.05) is 11.8 Å². The third kappa shape index (κ3) is 6.03. The number of nitrogens with zero attached hydrogens (tertiary/aromatic N) is 2. The maximum absolute atomic E-state index is 12.8. The van der Waals surface area contributed by atoms with Crippen LogP contribution in [0.4, 0.5) is 0 Å². The van der Waals surface area contributed by atoms with Crippen LogP contribution in [-0.4, -0.2) is 87.4 Å². The summed E-state index contributed by atoms with van der Waals surface area (Å²) in [6.07, 6.45) is 1.54. The third-order valence-electron chi connectivity index (χ3n) is 4.61. The number of carbonyl (C=O) groups excluding carboxylic acids is 1. The fourth-order valence-corrected chi connectivity index (χ4v) is 3.14. The van der Waals surface area contributed by atoms with E-state index in [4.69, 9.17) is 9.47 Å². The summed E-state index contributed by atoms with van der Waals surface area (Å²) in [5.41, 5.74) is -0.598. The molecule has 0 aromatic heterocycles. The summed E-state index contributed by atoms with van der Waals surface area (Å²) >= 11 is 0. The Morgan fingerprint density at radius 2 is 1.74 bits per heavy atom. The van der Waals surface area contributed by atoms with E-state index in [0.717, 1.165) is 71.9 Å². The second kappa shape index (κ2) is 11.4. The number of piperidine rings is 1. The first-order valence-electron chi connectivity index (χ1n) is 8.07. The summed E-state index contributed by atoms with van der Waals surface area (Å²) in [5.74, 6) is 0.177. The molecule has 0 aromatic carbocycles. The van der Waals surface area contributed by atoms with Crippen molar-refractivity contribution in [3.8, 4) is 0 Å². The van der Waals surface area contributed by atoms with Gasteiger partial charge in [-0.3, -0.25) is 9.69 Å². The van der Waals surface area contributed by atoms with Crippen LogP contribution in [-0.2, 0) is 14.3 Å². The molecule has 6 nitrogen and oxygen atoms in total. The Hall–Kier alpha value is -0.110. The first kappa shape index (κ1) is 22.9. The topological polar surface area (TPSA) is 54.0 Å². The number of hydrogen-bond acceptors (Lipinski definition) is 5. The minimum absolute atomic E-state index is 0. The van der Waals surface area contributed by atoms with Crippen molar-refractivity contribution in [3.05, 3.63) is 0 Å². The van der Waals surface area contributed by atoms with Crippen LogP contribution in [0.1, 0.15) is 19.8 Å². The van der Waals surface area contributed by atoms with Crippen LogP contribution in [0.15, 0.2) is 0 Å². The molecule has 2 aliphatic heterocycles. The van der Waals surface area contributed by atoms with Crippen molar-refractivity contribution in [3.63, 3.8) is 0 Å². The minimum Gasteiger partial charge on any atom is -0.380 e. The number of piperazine rings is 1. The normalized spacial score (nSPS) is 21.2. The van der Waals surface area contributed by atoms with Crippen molar-refractivity contribution < 1.29 is 14.3 Å². The molecular weight excluding hydrogens is 341 g/mol. The lowest BCUT2D eigenvalue weighted by molar-refractivity contribution is -0.160. The molecule has 0 bridgehead atoms. The maximum atomic E-state index is 12.8. The first-order chi connectivity index (χ1) is 10.2. The van der Waals surface area contributed by atoms with E-state index in [9.17, 15) is 4.79 Å². The molecule has 2 fully saturated rings. The fourth-order valence-electron chi connectivity index (χ4n) is 3.14. The molecule has 23 heavy (non-hydrogen) atoms. The molecule has 2 heterocycles. The first-order valence-corrected chi connectivity index (χ1v) is 8.07. The van der Waals surface area contributed by atoms with Crippen LogP contribution in [0.2, 0.25) is 0 Å². The summed E-state index contributed by atoms with van der Waals surface area (Å²) in [5, 5.41) is 3.29. The van der Waals surface area contributed by atoms with Gasteiger partial charge in [0.25, 0.3) is 5.91 Å². The van der Waals surface area contributed by atoms with Gasteiger partial charge >= 0.3 is 0 Å². The number of nitrogens with one attached hydrogen (secondary N) is 1. The molecule has 0 aliphatic carbocycles. The Labute approximate surface area is 152 Å². The van der Waals surface area contributed by atoms with E-state index in [2.05, 4.69) is 10.2 Å². The molecule has 2 aliphatic rings. The van der Waals surface area contributed by atoms with Gasteiger partial charge in [0.15, 0.2) is 0 Å². The smallest absolute Gasteiger partial charge is 0.254 e. The highest BCUT2D eigenvalue weighted by Crippen LogP contribution is 2.25. The SMILES string of the molecule is CCOCCN1CCN(C(=O)C2(OC)CCNCC2)CC1.Cl.Cl. The third-order valence-corrected chi connectivity index (χ3v) is 4.61. The summed E-state index contributed by atoms with van der Waals surface area (Å²) in [6, 6.07) is 0. The highest BCUT2D eigenvalue weighted by molar-refractivity contribution is 5.86. The number of halogens is 2. The van der Waals surface area contributed by atoms with Crippen molar-refractivity contribution in [2.75, 3.05) is 66.1 Å². The van der Waals surface area contributed by atoms with Crippen molar-refractivity contribution >= 4 is 30.7 Å². The Balaban J connectivity index is 0.00000242. The highest BCUT2D eigenvalue weighted by Gasteiger charge is 2.42. The fraction of sp³-hybridized carbons (Fsp3) is 0.933. The number of rotatable bonds is 6. The highest BCUT2D eigenvalue weighted by atomic mass is 35.5. The predicted octanol–water partition coefficient (Wildman–Crippen LogP) is 0.779. The summed E-state index contributed by atoms with van der Waals surface area (Å²) in [4.78, 5) is 17.1. The summed E-state index contributed by atoms with van der Waals surface area (Å²) in [7, 11) is 1.67. The Morgan fingerprint density at radius 3 is 2.26 bits per heavy atom.